The molecule has 0 bridgehead atoms. The molecule has 0 aliphatic carbocycles. The van der Waals surface area contributed by atoms with Crippen molar-refractivity contribution in [3.05, 3.63) is 53.6 Å². The molecule has 2 aromatic rings. The van der Waals surface area contributed by atoms with Gasteiger partial charge in [0.25, 0.3) is 0 Å². The molecule has 0 fully saturated rings. The van der Waals surface area contributed by atoms with Gasteiger partial charge in [-0.25, -0.2) is 0 Å². The van der Waals surface area contributed by atoms with E-state index in [0.29, 0.717) is 22.8 Å². The van der Waals surface area contributed by atoms with Gasteiger partial charge in [-0.3, -0.25) is 9.36 Å². The molecule has 0 saturated heterocycles. The second-order valence-electron chi connectivity index (χ2n) is 6.36. The topological polar surface area (TPSA) is 61.8 Å². The van der Waals surface area contributed by atoms with Gasteiger partial charge in [-0.05, 0) is 19.4 Å². The Hall–Kier alpha value is -2.39. The summed E-state index contributed by atoms with van der Waals surface area (Å²) >= 11 is 0. The highest BCUT2D eigenvalue weighted by Gasteiger charge is 2.40. The first-order chi connectivity index (χ1) is 12.4. The summed E-state index contributed by atoms with van der Waals surface area (Å²) in [6.45, 7) is 3.58. The Labute approximate surface area is 155 Å². The molecule has 1 atom stereocenters. The second kappa shape index (κ2) is 8.33. The van der Waals surface area contributed by atoms with Gasteiger partial charge < -0.3 is 14.2 Å². The number of methoxy groups -OCH3 is 3. The van der Waals surface area contributed by atoms with E-state index in [4.69, 9.17) is 14.2 Å². The molecule has 0 N–H and O–H groups in total. The van der Waals surface area contributed by atoms with Crippen LogP contribution < -0.4 is 14.2 Å². The van der Waals surface area contributed by atoms with Gasteiger partial charge in [0.1, 0.15) is 22.8 Å². The lowest BCUT2D eigenvalue weighted by Gasteiger charge is -2.28. The highest BCUT2D eigenvalue weighted by atomic mass is 31.1. The lowest BCUT2D eigenvalue weighted by Crippen LogP contribution is -2.30. The summed E-state index contributed by atoms with van der Waals surface area (Å²) in [4.78, 5) is 13.6. The van der Waals surface area contributed by atoms with Crippen LogP contribution in [0.1, 0.15) is 35.7 Å². The predicted molar refractivity (Wildman–Crippen MR) is 101 cm³/mol. The van der Waals surface area contributed by atoms with E-state index in [-0.39, 0.29) is 14.2 Å². The first-order valence-electron chi connectivity index (χ1n) is 8.13. The number of hydrogen-bond acceptors (Lipinski definition) is 5. The maximum absolute atomic E-state index is 13.6. The number of carbonyl (C=O) groups excluding carboxylic acids is 1. The van der Waals surface area contributed by atoms with Crippen LogP contribution in [-0.4, -0.2) is 32.3 Å². The van der Waals surface area contributed by atoms with Gasteiger partial charge in [0, 0.05) is 12.1 Å². The molecule has 0 spiro atoms. The quantitative estimate of drug-likeness (QED) is 0.493. The van der Waals surface area contributed by atoms with E-state index in [9.17, 15) is 9.36 Å². The number of ketones is 1. The minimum atomic E-state index is -0.811. The van der Waals surface area contributed by atoms with E-state index in [2.05, 4.69) is 0 Å². The number of carbonyl (C=O) groups is 1. The van der Waals surface area contributed by atoms with Crippen LogP contribution in [0.4, 0.5) is 0 Å². The smallest absolute Gasteiger partial charge is 0.179 e. The van der Waals surface area contributed by atoms with Crippen LogP contribution in [0.3, 0.4) is 0 Å². The Balaban J connectivity index is 2.68. The zero-order valence-corrected chi connectivity index (χ0v) is 16.5. The summed E-state index contributed by atoms with van der Waals surface area (Å²) in [5.74, 6) is 0.365. The van der Waals surface area contributed by atoms with Crippen molar-refractivity contribution < 1.29 is 23.6 Å². The molecule has 2 aromatic carbocycles. The lowest BCUT2D eigenvalue weighted by molar-refractivity contribution is 0.0938. The molecular weight excluding hydrogens is 351 g/mol. The first kappa shape index (κ1) is 19.9. The maximum Gasteiger partial charge on any atom is 0.179 e. The van der Waals surface area contributed by atoms with Gasteiger partial charge in [-0.15, -0.1) is 0 Å². The van der Waals surface area contributed by atoms with Crippen molar-refractivity contribution >= 4 is 14.2 Å². The van der Waals surface area contributed by atoms with Crippen molar-refractivity contribution in [1.82, 2.24) is 0 Å². The SMILES string of the molecule is COc1cc(OC)c(C(=O)C(c2ccccc2)C(C)(C)P=O)c(OC)c1. The first-order valence-corrected chi connectivity index (χ1v) is 8.94. The Kier molecular flexibility index (Phi) is 6.38. The van der Waals surface area contributed by atoms with Crippen LogP contribution in [0, 0.1) is 0 Å². The third-order valence-corrected chi connectivity index (χ3v) is 5.03. The molecule has 138 valence electrons. The number of benzene rings is 2. The Bertz CT molecular complexity index is 761. The number of ether oxygens (including phenoxy) is 3. The minimum absolute atomic E-state index is 0.123. The second-order valence-corrected chi connectivity index (χ2v) is 7.70. The Morgan fingerprint density at radius 2 is 1.50 bits per heavy atom. The number of rotatable bonds is 8. The Morgan fingerprint density at radius 1 is 0.962 bits per heavy atom. The van der Waals surface area contributed by atoms with Gasteiger partial charge in [0.2, 0.25) is 0 Å². The predicted octanol–water partition coefficient (Wildman–Crippen LogP) is 4.75. The molecule has 2 rings (SSSR count). The van der Waals surface area contributed by atoms with Crippen LogP contribution in [0.25, 0.3) is 0 Å². The molecule has 0 aliphatic rings. The van der Waals surface area contributed by atoms with E-state index in [0.717, 1.165) is 5.56 Å². The van der Waals surface area contributed by atoms with Gasteiger partial charge in [-0.2, -0.15) is 0 Å². The molecule has 5 nitrogen and oxygen atoms in total. The lowest BCUT2D eigenvalue weighted by atomic mass is 9.81. The highest BCUT2D eigenvalue weighted by Crippen LogP contribution is 2.44. The average Bonchev–Trinajstić information content (AvgIpc) is 2.67. The number of Topliss-reactive ketones (excluding diaryl/α,β-unsaturated/α-hetero) is 1. The molecule has 26 heavy (non-hydrogen) atoms. The fourth-order valence-electron chi connectivity index (χ4n) is 2.97. The minimum Gasteiger partial charge on any atom is -0.496 e. The third-order valence-electron chi connectivity index (χ3n) is 4.30. The average molecular weight is 374 g/mol. The van der Waals surface area contributed by atoms with E-state index in [1.165, 1.54) is 21.3 Å². The number of hydrogen-bond donors (Lipinski definition) is 0. The van der Waals surface area contributed by atoms with E-state index >= 15 is 0 Å². The summed E-state index contributed by atoms with van der Waals surface area (Å²) in [5, 5.41) is -0.811. The van der Waals surface area contributed by atoms with Crippen molar-refractivity contribution in [3.63, 3.8) is 0 Å². The van der Waals surface area contributed by atoms with Gasteiger partial charge >= 0.3 is 0 Å². The highest BCUT2D eigenvalue weighted by molar-refractivity contribution is 7.26. The van der Waals surface area contributed by atoms with Gasteiger partial charge in [0.15, 0.2) is 14.2 Å². The van der Waals surface area contributed by atoms with Crippen LogP contribution >= 0.6 is 8.46 Å². The Morgan fingerprint density at radius 3 is 1.92 bits per heavy atom. The molecule has 0 aromatic heterocycles. The maximum atomic E-state index is 13.6. The van der Waals surface area contributed by atoms with E-state index in [1.54, 1.807) is 26.0 Å². The fourth-order valence-corrected chi connectivity index (χ4v) is 3.34. The van der Waals surface area contributed by atoms with Gasteiger partial charge in [-0.1, -0.05) is 30.3 Å². The van der Waals surface area contributed by atoms with Crippen LogP contribution in [0.2, 0.25) is 0 Å². The molecule has 0 heterocycles. The molecule has 0 saturated carbocycles. The van der Waals surface area contributed by atoms with Gasteiger partial charge in [0.05, 0.1) is 32.4 Å². The normalized spacial score (nSPS) is 12.5. The summed E-state index contributed by atoms with van der Waals surface area (Å²) < 4.78 is 27.9. The van der Waals surface area contributed by atoms with Crippen LogP contribution in [-0.2, 0) is 4.57 Å². The van der Waals surface area contributed by atoms with Crippen molar-refractivity contribution in [2.45, 2.75) is 24.9 Å². The van der Waals surface area contributed by atoms with E-state index < -0.39 is 11.1 Å². The summed E-state index contributed by atoms with van der Waals surface area (Å²) in [6.07, 6.45) is 0. The van der Waals surface area contributed by atoms with E-state index in [1.807, 2.05) is 30.3 Å². The molecule has 6 heteroatoms. The molecule has 0 radical (unpaired) electrons. The van der Waals surface area contributed by atoms with Crippen molar-refractivity contribution in [2.24, 2.45) is 0 Å². The third kappa shape index (κ3) is 3.88. The van der Waals surface area contributed by atoms with Crippen molar-refractivity contribution in [1.29, 1.82) is 0 Å². The molecular formula is C20H23O5P. The van der Waals surface area contributed by atoms with Crippen molar-refractivity contribution in [2.75, 3.05) is 21.3 Å². The summed E-state index contributed by atoms with van der Waals surface area (Å²) in [5.41, 5.74) is 1.09. The zero-order chi connectivity index (χ0) is 19.3. The fraction of sp³-hybridized carbons (Fsp3) is 0.350. The summed E-state index contributed by atoms with van der Waals surface area (Å²) in [6, 6.07) is 12.6. The molecule has 1 unspecified atom stereocenters. The van der Waals surface area contributed by atoms with Crippen LogP contribution in [0.15, 0.2) is 42.5 Å². The van der Waals surface area contributed by atoms with Crippen molar-refractivity contribution in [3.8, 4) is 17.2 Å². The monoisotopic (exact) mass is 374 g/mol. The summed E-state index contributed by atoms with van der Waals surface area (Å²) in [7, 11) is 4.38. The largest absolute Gasteiger partial charge is 0.496 e. The standard InChI is InChI=1S/C20H23O5P/c1-20(2,26-22)18(13-9-7-6-8-10-13)19(21)17-15(24-4)11-14(23-3)12-16(17)25-5/h6-12,18H,1-5H3. The zero-order valence-electron chi connectivity index (χ0n) is 15.6. The molecule has 0 amide bonds. The molecule has 0 aliphatic heterocycles. The van der Waals surface area contributed by atoms with Crippen LogP contribution in [0.5, 0.6) is 17.2 Å².